The zero-order valence-corrected chi connectivity index (χ0v) is 15.6. The molecule has 3 N–H and O–H groups in total. The Bertz CT molecular complexity index is 1290. The van der Waals surface area contributed by atoms with Crippen LogP contribution in [0.15, 0.2) is 68.6 Å². The maximum Gasteiger partial charge on any atom is 0.327 e. The summed E-state index contributed by atoms with van der Waals surface area (Å²) in [6.07, 6.45) is 1.99. The molecule has 0 spiro atoms. The number of carbonyl (C=O) groups excluding carboxylic acids is 1. The van der Waals surface area contributed by atoms with Gasteiger partial charge in [0.15, 0.2) is 5.78 Å². The number of carbonyl (C=O) groups is 1. The van der Waals surface area contributed by atoms with Crippen molar-refractivity contribution >= 4 is 29.1 Å². The molecule has 0 fully saturated rings. The van der Waals surface area contributed by atoms with Gasteiger partial charge in [0, 0.05) is 27.5 Å². The molecular weight excluding hydrogens is 374 g/mol. The predicted octanol–water partition coefficient (Wildman–Crippen LogP) is 2.95. The van der Waals surface area contributed by atoms with Gasteiger partial charge in [-0.2, -0.15) is 0 Å². The predicted molar refractivity (Wildman–Crippen MR) is 109 cm³/mol. The lowest BCUT2D eigenvalue weighted by atomic mass is 9.82. The zero-order valence-electron chi connectivity index (χ0n) is 14.8. The molecule has 1 atom stereocenters. The fourth-order valence-electron chi connectivity index (χ4n) is 3.98. The molecule has 0 saturated heterocycles. The van der Waals surface area contributed by atoms with Gasteiger partial charge in [-0.3, -0.25) is 19.6 Å². The SMILES string of the molecule is CSc1ccc(C2C3=C(Nc4[nH]c(=O)[nH]c(=O)c42)c2ccccc2C3=O)cc1. The number of benzene rings is 2. The van der Waals surface area contributed by atoms with E-state index in [-0.39, 0.29) is 5.78 Å². The van der Waals surface area contributed by atoms with Crippen LogP contribution in [0, 0.1) is 0 Å². The van der Waals surface area contributed by atoms with Crippen LogP contribution < -0.4 is 16.6 Å². The number of aromatic nitrogens is 2. The summed E-state index contributed by atoms with van der Waals surface area (Å²) in [5.41, 5.74) is 2.63. The minimum absolute atomic E-state index is 0.103. The number of allylic oxidation sites excluding steroid dienone is 1. The Kier molecular flexibility index (Phi) is 3.67. The number of H-pyrrole nitrogens is 2. The molecule has 0 bridgehead atoms. The molecule has 0 saturated carbocycles. The molecule has 138 valence electrons. The van der Waals surface area contributed by atoms with Crippen molar-refractivity contribution in [2.75, 3.05) is 11.6 Å². The van der Waals surface area contributed by atoms with Crippen LogP contribution in [-0.4, -0.2) is 22.0 Å². The second kappa shape index (κ2) is 6.10. The summed E-state index contributed by atoms with van der Waals surface area (Å²) in [5, 5.41) is 3.13. The van der Waals surface area contributed by atoms with E-state index < -0.39 is 17.2 Å². The van der Waals surface area contributed by atoms with E-state index in [4.69, 9.17) is 0 Å². The molecule has 3 aromatic rings. The smallest absolute Gasteiger partial charge is 0.327 e. The van der Waals surface area contributed by atoms with Gasteiger partial charge in [0.2, 0.25) is 0 Å². The summed E-state index contributed by atoms with van der Waals surface area (Å²) in [6.45, 7) is 0. The number of hydrogen-bond acceptors (Lipinski definition) is 5. The van der Waals surface area contributed by atoms with Crippen molar-refractivity contribution in [2.45, 2.75) is 10.8 Å². The molecule has 1 aliphatic carbocycles. The van der Waals surface area contributed by atoms with E-state index in [1.54, 1.807) is 17.8 Å². The van der Waals surface area contributed by atoms with E-state index in [0.29, 0.717) is 28.2 Å². The van der Waals surface area contributed by atoms with Crippen molar-refractivity contribution in [3.8, 4) is 0 Å². The van der Waals surface area contributed by atoms with E-state index in [9.17, 15) is 14.4 Å². The molecule has 1 unspecified atom stereocenters. The third-order valence-corrected chi connectivity index (χ3v) is 5.95. The largest absolute Gasteiger partial charge is 0.340 e. The second-order valence-corrected chi connectivity index (χ2v) is 7.57. The first kappa shape index (κ1) is 16.8. The van der Waals surface area contributed by atoms with Crippen molar-refractivity contribution in [3.63, 3.8) is 0 Å². The third kappa shape index (κ3) is 2.33. The normalized spacial score (nSPS) is 17.0. The van der Waals surface area contributed by atoms with Crippen LogP contribution in [0.4, 0.5) is 5.82 Å². The monoisotopic (exact) mass is 389 g/mol. The highest BCUT2D eigenvalue weighted by molar-refractivity contribution is 7.98. The highest BCUT2D eigenvalue weighted by Crippen LogP contribution is 2.47. The van der Waals surface area contributed by atoms with E-state index in [2.05, 4.69) is 15.3 Å². The summed E-state index contributed by atoms with van der Waals surface area (Å²) < 4.78 is 0. The van der Waals surface area contributed by atoms with E-state index in [0.717, 1.165) is 16.0 Å². The Morgan fingerprint density at radius 1 is 0.893 bits per heavy atom. The summed E-state index contributed by atoms with van der Waals surface area (Å²) in [6, 6.07) is 15.1. The van der Waals surface area contributed by atoms with Gasteiger partial charge in [0.05, 0.1) is 11.3 Å². The number of thioether (sulfide) groups is 1. The first-order chi connectivity index (χ1) is 13.6. The fraction of sp³-hybridized carbons (Fsp3) is 0.0952. The Labute approximate surface area is 163 Å². The van der Waals surface area contributed by atoms with Crippen molar-refractivity contribution in [1.29, 1.82) is 0 Å². The minimum Gasteiger partial charge on any atom is -0.340 e. The zero-order chi connectivity index (χ0) is 19.4. The van der Waals surface area contributed by atoms with Crippen LogP contribution in [0.2, 0.25) is 0 Å². The maximum absolute atomic E-state index is 13.2. The number of fused-ring (bicyclic) bond motifs is 3. The quantitative estimate of drug-likeness (QED) is 0.586. The molecule has 2 aliphatic rings. The van der Waals surface area contributed by atoms with E-state index in [1.165, 1.54) is 0 Å². The van der Waals surface area contributed by atoms with E-state index >= 15 is 0 Å². The van der Waals surface area contributed by atoms with Gasteiger partial charge in [-0.25, -0.2) is 4.79 Å². The summed E-state index contributed by atoms with van der Waals surface area (Å²) in [4.78, 5) is 43.9. The number of aromatic amines is 2. The number of ketones is 1. The molecule has 1 aliphatic heterocycles. The first-order valence-electron chi connectivity index (χ1n) is 8.74. The maximum atomic E-state index is 13.2. The standard InChI is InChI=1S/C21H15N3O3S/c1-28-11-8-6-10(7-9-11)14-15-17(12-4-2-3-5-13(12)18(15)25)22-19-16(14)20(26)24-21(27)23-19/h2-9,14H,1H3,(H3,22,23,24,26,27). The molecule has 0 amide bonds. The average Bonchev–Trinajstić information content (AvgIpc) is 2.99. The summed E-state index contributed by atoms with van der Waals surface area (Å²) in [5.74, 6) is -0.341. The van der Waals surface area contributed by atoms with Gasteiger partial charge < -0.3 is 5.32 Å². The highest BCUT2D eigenvalue weighted by Gasteiger charge is 2.41. The minimum atomic E-state index is -0.589. The topological polar surface area (TPSA) is 94.8 Å². The molecular formula is C21H15N3O3S. The number of anilines is 1. The molecule has 2 heterocycles. The molecule has 5 rings (SSSR count). The van der Waals surface area contributed by atoms with Crippen LogP contribution in [0.1, 0.15) is 33.0 Å². The number of rotatable bonds is 2. The Hall–Kier alpha value is -3.32. The molecule has 1 aromatic heterocycles. The lowest BCUT2D eigenvalue weighted by molar-refractivity contribution is 0.103. The van der Waals surface area contributed by atoms with Gasteiger partial charge >= 0.3 is 5.69 Å². The van der Waals surface area contributed by atoms with Crippen molar-refractivity contribution in [3.05, 3.63) is 97.2 Å². The Morgan fingerprint density at radius 3 is 2.32 bits per heavy atom. The van der Waals surface area contributed by atoms with Gasteiger partial charge in [0.1, 0.15) is 5.82 Å². The van der Waals surface area contributed by atoms with Gasteiger partial charge in [-0.1, -0.05) is 36.4 Å². The highest BCUT2D eigenvalue weighted by atomic mass is 32.2. The molecule has 2 aromatic carbocycles. The third-order valence-electron chi connectivity index (χ3n) is 5.21. The van der Waals surface area contributed by atoms with Crippen molar-refractivity contribution in [2.24, 2.45) is 0 Å². The second-order valence-electron chi connectivity index (χ2n) is 6.69. The van der Waals surface area contributed by atoms with Crippen LogP contribution in [0.3, 0.4) is 0 Å². The number of Topliss-reactive ketones (excluding diaryl/α,β-unsaturated/α-hetero) is 1. The average molecular weight is 389 g/mol. The molecule has 6 nitrogen and oxygen atoms in total. The lowest BCUT2D eigenvalue weighted by Gasteiger charge is -2.27. The fourth-order valence-corrected chi connectivity index (χ4v) is 4.39. The van der Waals surface area contributed by atoms with Gasteiger partial charge in [-0.05, 0) is 24.0 Å². The summed E-state index contributed by atoms with van der Waals surface area (Å²) >= 11 is 1.62. The van der Waals surface area contributed by atoms with E-state index in [1.807, 2.05) is 48.7 Å². The van der Waals surface area contributed by atoms with Crippen molar-refractivity contribution in [1.82, 2.24) is 9.97 Å². The molecule has 28 heavy (non-hydrogen) atoms. The number of hydrogen-bond donors (Lipinski definition) is 3. The van der Waals surface area contributed by atoms with Crippen LogP contribution in [0.25, 0.3) is 5.70 Å². The van der Waals surface area contributed by atoms with Crippen molar-refractivity contribution < 1.29 is 4.79 Å². The Morgan fingerprint density at radius 2 is 1.61 bits per heavy atom. The van der Waals surface area contributed by atoms with Gasteiger partial charge in [0.25, 0.3) is 5.56 Å². The number of nitrogens with one attached hydrogen (secondary N) is 3. The molecule has 0 radical (unpaired) electrons. The molecule has 7 heteroatoms. The first-order valence-corrected chi connectivity index (χ1v) is 9.96. The van der Waals surface area contributed by atoms with Crippen LogP contribution in [-0.2, 0) is 0 Å². The Balaban J connectivity index is 1.81. The van der Waals surface area contributed by atoms with Crippen LogP contribution >= 0.6 is 11.8 Å². The van der Waals surface area contributed by atoms with Gasteiger partial charge in [-0.15, -0.1) is 11.8 Å². The van der Waals surface area contributed by atoms with Crippen LogP contribution in [0.5, 0.6) is 0 Å². The summed E-state index contributed by atoms with van der Waals surface area (Å²) in [7, 11) is 0. The lowest BCUT2D eigenvalue weighted by Crippen LogP contribution is -2.33.